The Labute approximate surface area is 231 Å². The average molecular weight is 558 g/mol. The lowest BCUT2D eigenvalue weighted by Crippen LogP contribution is -2.57. The Morgan fingerprint density at radius 1 is 0.775 bits per heavy atom. The van der Waals surface area contributed by atoms with E-state index in [0.29, 0.717) is 35.4 Å². The highest BCUT2D eigenvalue weighted by Crippen LogP contribution is 2.16. The molecule has 0 bridgehead atoms. The van der Waals surface area contributed by atoms with Crippen molar-refractivity contribution in [1.29, 1.82) is 0 Å². The van der Waals surface area contributed by atoms with Gasteiger partial charge in [0.05, 0.1) is 6.04 Å². The van der Waals surface area contributed by atoms with Gasteiger partial charge in [0.2, 0.25) is 0 Å². The first-order valence-corrected chi connectivity index (χ1v) is 12.7. The first kappa shape index (κ1) is 31.7. The van der Waals surface area contributed by atoms with Crippen molar-refractivity contribution in [2.75, 3.05) is 6.54 Å². The second-order valence-corrected chi connectivity index (χ2v) is 8.77. The number of hydrogen-bond acceptors (Lipinski definition) is 9. The van der Waals surface area contributed by atoms with Crippen molar-refractivity contribution >= 4 is 30.0 Å². The van der Waals surface area contributed by atoms with Gasteiger partial charge in [-0.25, -0.2) is 9.59 Å². The molecule has 7 N–H and O–H groups in total. The molecule has 40 heavy (non-hydrogen) atoms. The smallest absolute Gasteiger partial charge is 0.420 e. The summed E-state index contributed by atoms with van der Waals surface area (Å²) in [7, 11) is 0. The van der Waals surface area contributed by atoms with E-state index in [1.54, 1.807) is 60.7 Å². The van der Waals surface area contributed by atoms with E-state index in [0.717, 1.165) is 0 Å². The van der Waals surface area contributed by atoms with E-state index in [-0.39, 0.29) is 32.5 Å². The molecule has 2 aromatic carbocycles. The molecule has 0 saturated heterocycles. The van der Waals surface area contributed by atoms with Crippen molar-refractivity contribution in [3.05, 3.63) is 71.8 Å². The zero-order valence-corrected chi connectivity index (χ0v) is 22.0. The van der Waals surface area contributed by atoms with Crippen LogP contribution < -0.4 is 22.3 Å². The molecule has 13 nitrogen and oxygen atoms in total. The van der Waals surface area contributed by atoms with Crippen LogP contribution in [0.1, 0.15) is 43.2 Å². The molecule has 0 saturated carbocycles. The van der Waals surface area contributed by atoms with Crippen LogP contribution in [0.3, 0.4) is 0 Å². The highest BCUT2D eigenvalue weighted by molar-refractivity contribution is 5.96. The predicted molar refractivity (Wildman–Crippen MR) is 143 cm³/mol. The molecule has 2 atom stereocenters. The number of nitrogens with one attached hydrogen (secondary N) is 2. The monoisotopic (exact) mass is 557 g/mol. The van der Waals surface area contributed by atoms with Crippen LogP contribution in [0.2, 0.25) is 0 Å². The van der Waals surface area contributed by atoms with Crippen molar-refractivity contribution in [1.82, 2.24) is 15.8 Å². The molecule has 2 aromatic rings. The van der Waals surface area contributed by atoms with E-state index < -0.39 is 42.1 Å². The minimum Gasteiger partial charge on any atom is -0.481 e. The second-order valence-electron chi connectivity index (χ2n) is 8.77. The second kappa shape index (κ2) is 17.2. The van der Waals surface area contributed by atoms with E-state index in [1.807, 2.05) is 0 Å². The third-order valence-corrected chi connectivity index (χ3v) is 5.66. The number of ether oxygens (including phenoxy) is 2. The van der Waals surface area contributed by atoms with Gasteiger partial charge in [-0.3, -0.25) is 25.2 Å². The van der Waals surface area contributed by atoms with Gasteiger partial charge in [-0.1, -0.05) is 60.7 Å². The molecule has 0 aliphatic heterocycles. The summed E-state index contributed by atoms with van der Waals surface area (Å²) in [6, 6.07) is 14.8. The SMILES string of the molecule is NCCCC[C@@H](C(=O)NNC(=O)[C@@H](N)CCC(=O)O)N(C(=O)OCc1ccccc1)C(=O)OCc1ccccc1. The Bertz CT molecular complexity index is 1060. The predicted octanol–water partition coefficient (Wildman–Crippen LogP) is 1.80. The maximum Gasteiger partial charge on any atom is 0.420 e. The minimum atomic E-state index is -1.44. The first-order chi connectivity index (χ1) is 19.2. The van der Waals surface area contributed by atoms with Crippen molar-refractivity contribution in [3.63, 3.8) is 0 Å². The Morgan fingerprint density at radius 3 is 1.75 bits per heavy atom. The van der Waals surface area contributed by atoms with Gasteiger partial charge in [0.15, 0.2) is 0 Å². The third kappa shape index (κ3) is 11.1. The molecule has 13 heteroatoms. The van der Waals surface area contributed by atoms with Gasteiger partial charge in [0, 0.05) is 6.42 Å². The normalized spacial score (nSPS) is 11.9. The molecule has 4 amide bonds. The number of unbranched alkanes of at least 4 members (excludes halogenated alkanes) is 1. The number of imide groups is 1. The number of nitrogens with two attached hydrogens (primary N) is 2. The third-order valence-electron chi connectivity index (χ3n) is 5.66. The molecule has 0 fully saturated rings. The standard InChI is InChI=1S/C27H35N5O8/c28-16-8-7-13-22(25(36)31-30-24(35)21(29)14-15-23(33)34)32(26(37)39-17-19-9-3-1-4-10-19)27(38)40-18-20-11-5-2-6-12-20/h1-6,9-12,21-22H,7-8,13-18,28-29H2,(H,30,35)(H,31,36)(H,33,34)/t21-,22-/m0/s1. The first-order valence-electron chi connectivity index (χ1n) is 12.7. The fourth-order valence-electron chi connectivity index (χ4n) is 3.48. The van der Waals surface area contributed by atoms with Gasteiger partial charge < -0.3 is 26.0 Å². The number of rotatable bonds is 14. The molecule has 0 aliphatic rings. The van der Waals surface area contributed by atoms with Crippen LogP contribution in [0, 0.1) is 0 Å². The van der Waals surface area contributed by atoms with E-state index in [9.17, 15) is 24.0 Å². The molecular formula is C27H35N5O8. The zero-order valence-electron chi connectivity index (χ0n) is 22.0. The molecule has 0 aliphatic carbocycles. The molecular weight excluding hydrogens is 522 g/mol. The molecule has 0 heterocycles. The van der Waals surface area contributed by atoms with Crippen LogP contribution in [-0.4, -0.2) is 58.6 Å². The number of carboxylic acids is 1. The molecule has 0 radical (unpaired) electrons. The highest BCUT2D eigenvalue weighted by atomic mass is 16.6. The van der Waals surface area contributed by atoms with Gasteiger partial charge in [-0.05, 0) is 43.4 Å². The van der Waals surface area contributed by atoms with Crippen LogP contribution in [0.25, 0.3) is 0 Å². The summed E-state index contributed by atoms with van der Waals surface area (Å²) < 4.78 is 10.7. The average Bonchev–Trinajstić information content (AvgIpc) is 2.96. The molecule has 216 valence electrons. The number of carbonyl (C=O) groups excluding carboxylic acids is 4. The van der Waals surface area contributed by atoms with E-state index in [1.165, 1.54) is 0 Å². The summed E-state index contributed by atoms with van der Waals surface area (Å²) >= 11 is 0. The number of carbonyl (C=O) groups is 5. The van der Waals surface area contributed by atoms with E-state index >= 15 is 0 Å². The number of hydrazine groups is 1. The zero-order chi connectivity index (χ0) is 29.3. The van der Waals surface area contributed by atoms with Crippen LogP contribution in [-0.2, 0) is 37.1 Å². The van der Waals surface area contributed by atoms with Crippen molar-refractivity contribution in [2.45, 2.75) is 57.4 Å². The number of benzene rings is 2. The van der Waals surface area contributed by atoms with E-state index in [4.69, 9.17) is 26.0 Å². The maximum absolute atomic E-state index is 13.2. The Kier molecular flexibility index (Phi) is 13.6. The highest BCUT2D eigenvalue weighted by Gasteiger charge is 2.37. The van der Waals surface area contributed by atoms with Gasteiger partial charge in [0.1, 0.15) is 19.3 Å². The summed E-state index contributed by atoms with van der Waals surface area (Å²) in [5, 5.41) is 8.78. The molecule has 0 spiro atoms. The van der Waals surface area contributed by atoms with Crippen LogP contribution in [0.4, 0.5) is 9.59 Å². The summed E-state index contributed by atoms with van der Waals surface area (Å²) in [6.45, 7) is -0.0384. The minimum absolute atomic E-state index is 0.00908. The summed E-state index contributed by atoms with van der Waals surface area (Å²) in [6.07, 6.45) is -1.93. The lowest BCUT2D eigenvalue weighted by molar-refractivity contribution is -0.137. The fourth-order valence-corrected chi connectivity index (χ4v) is 3.48. The number of nitrogens with zero attached hydrogens (tertiary/aromatic N) is 1. The molecule has 0 unspecified atom stereocenters. The maximum atomic E-state index is 13.2. The van der Waals surface area contributed by atoms with Crippen LogP contribution in [0.5, 0.6) is 0 Å². The van der Waals surface area contributed by atoms with E-state index in [2.05, 4.69) is 10.9 Å². The van der Waals surface area contributed by atoms with Gasteiger partial charge in [-0.2, -0.15) is 4.90 Å². The summed E-state index contributed by atoms with van der Waals surface area (Å²) in [4.78, 5) is 63.1. The number of amides is 4. The van der Waals surface area contributed by atoms with Crippen molar-refractivity contribution < 1.29 is 38.6 Å². The topological polar surface area (TPSA) is 203 Å². The fraction of sp³-hybridized carbons (Fsp3) is 0.370. The molecule has 0 aromatic heterocycles. The number of carboxylic acid groups (broad SMARTS) is 1. The van der Waals surface area contributed by atoms with Crippen LogP contribution >= 0.6 is 0 Å². The number of hydrogen-bond donors (Lipinski definition) is 5. The van der Waals surface area contributed by atoms with Crippen LogP contribution in [0.15, 0.2) is 60.7 Å². The summed E-state index contributed by atoms with van der Waals surface area (Å²) in [5.74, 6) is -2.89. The molecule has 2 rings (SSSR count). The van der Waals surface area contributed by atoms with Crippen molar-refractivity contribution in [2.24, 2.45) is 11.5 Å². The largest absolute Gasteiger partial charge is 0.481 e. The lowest BCUT2D eigenvalue weighted by Gasteiger charge is -2.28. The van der Waals surface area contributed by atoms with Gasteiger partial charge in [-0.15, -0.1) is 0 Å². The number of aliphatic carboxylic acids is 1. The van der Waals surface area contributed by atoms with Gasteiger partial charge >= 0.3 is 18.2 Å². The quantitative estimate of drug-likeness (QED) is 0.168. The Morgan fingerprint density at radius 2 is 1.27 bits per heavy atom. The summed E-state index contributed by atoms with van der Waals surface area (Å²) in [5.41, 5.74) is 16.8. The van der Waals surface area contributed by atoms with Gasteiger partial charge in [0.25, 0.3) is 11.8 Å². The Balaban J connectivity index is 2.21. The Hall–Kier alpha value is -4.49. The van der Waals surface area contributed by atoms with Crippen molar-refractivity contribution in [3.8, 4) is 0 Å². The lowest BCUT2D eigenvalue weighted by atomic mass is 10.1.